The quantitative estimate of drug-likeness (QED) is 0.815. The van der Waals surface area contributed by atoms with Gasteiger partial charge in [-0.2, -0.15) is 0 Å². The van der Waals surface area contributed by atoms with Crippen LogP contribution in [0, 0.1) is 5.92 Å². The molecule has 0 aromatic rings. The van der Waals surface area contributed by atoms with Crippen molar-refractivity contribution in [1.82, 2.24) is 10.2 Å². The Morgan fingerprint density at radius 2 is 1.78 bits per heavy atom. The van der Waals surface area contributed by atoms with Gasteiger partial charge < -0.3 is 10.2 Å². The van der Waals surface area contributed by atoms with Crippen LogP contribution in [-0.4, -0.2) is 34.8 Å². The maximum absolute atomic E-state index is 12.7. The van der Waals surface area contributed by atoms with Crippen molar-refractivity contribution in [3.63, 3.8) is 0 Å². The van der Waals surface area contributed by atoms with Crippen LogP contribution in [-0.2, 0) is 9.59 Å². The molecule has 1 saturated heterocycles. The molecule has 1 rings (SSSR count). The summed E-state index contributed by atoms with van der Waals surface area (Å²) < 4.78 is 0. The second-order valence-electron chi connectivity index (χ2n) is 5.55. The number of nitrogens with one attached hydrogen (secondary N) is 1. The van der Waals surface area contributed by atoms with E-state index < -0.39 is 5.54 Å². The Morgan fingerprint density at radius 3 is 2.17 bits per heavy atom. The molecule has 0 aromatic carbocycles. The number of carbonyl (C=O) groups excluding carboxylic acids is 2. The number of rotatable bonds is 5. The Bertz CT molecular complexity index is 322. The van der Waals surface area contributed by atoms with Crippen molar-refractivity contribution in [1.29, 1.82) is 0 Å². The van der Waals surface area contributed by atoms with Crippen LogP contribution in [0.1, 0.15) is 53.9 Å². The molecule has 1 fully saturated rings. The second-order valence-corrected chi connectivity index (χ2v) is 5.55. The third-order valence-corrected chi connectivity index (χ3v) is 3.87. The van der Waals surface area contributed by atoms with Crippen LogP contribution < -0.4 is 5.32 Å². The van der Waals surface area contributed by atoms with Crippen LogP contribution >= 0.6 is 0 Å². The van der Waals surface area contributed by atoms with E-state index >= 15 is 0 Å². The third kappa shape index (κ3) is 2.52. The zero-order chi connectivity index (χ0) is 13.9. The van der Waals surface area contributed by atoms with Crippen LogP contribution in [0.3, 0.4) is 0 Å². The Hall–Kier alpha value is -1.06. The molecule has 2 amide bonds. The van der Waals surface area contributed by atoms with E-state index in [4.69, 9.17) is 0 Å². The first-order chi connectivity index (χ1) is 8.41. The average Bonchev–Trinajstić information content (AvgIpc) is 2.33. The molecular weight excluding hydrogens is 228 g/mol. The van der Waals surface area contributed by atoms with Crippen LogP contribution in [0.5, 0.6) is 0 Å². The lowest BCUT2D eigenvalue weighted by molar-refractivity contribution is -0.156. The predicted molar refractivity (Wildman–Crippen MR) is 72.1 cm³/mol. The van der Waals surface area contributed by atoms with Gasteiger partial charge in [0.1, 0.15) is 11.6 Å². The van der Waals surface area contributed by atoms with Gasteiger partial charge in [0.2, 0.25) is 11.8 Å². The fourth-order valence-electron chi connectivity index (χ4n) is 2.67. The van der Waals surface area contributed by atoms with Gasteiger partial charge in [-0.05, 0) is 25.2 Å². The van der Waals surface area contributed by atoms with E-state index in [1.807, 2.05) is 20.8 Å². The lowest BCUT2D eigenvalue weighted by atomic mass is 9.86. The smallest absolute Gasteiger partial charge is 0.248 e. The maximum Gasteiger partial charge on any atom is 0.248 e. The molecule has 0 bridgehead atoms. The van der Waals surface area contributed by atoms with Gasteiger partial charge in [-0.1, -0.05) is 34.6 Å². The normalized spacial score (nSPS) is 23.4. The molecule has 104 valence electrons. The first-order valence-electron chi connectivity index (χ1n) is 7.04. The highest BCUT2D eigenvalue weighted by Crippen LogP contribution is 2.26. The number of amides is 2. The highest BCUT2D eigenvalue weighted by molar-refractivity contribution is 5.99. The van der Waals surface area contributed by atoms with Crippen LogP contribution in [0.2, 0.25) is 0 Å². The molecule has 0 radical (unpaired) electrons. The lowest BCUT2D eigenvalue weighted by Crippen LogP contribution is -2.70. The van der Waals surface area contributed by atoms with Crippen molar-refractivity contribution >= 4 is 11.8 Å². The van der Waals surface area contributed by atoms with Crippen LogP contribution in [0.15, 0.2) is 0 Å². The number of hydrogen-bond acceptors (Lipinski definition) is 2. The third-order valence-electron chi connectivity index (χ3n) is 3.87. The molecule has 0 spiro atoms. The summed E-state index contributed by atoms with van der Waals surface area (Å²) in [6.45, 7) is 10.7. The molecule has 4 nitrogen and oxygen atoms in total. The van der Waals surface area contributed by atoms with E-state index in [-0.39, 0.29) is 17.9 Å². The number of hydrogen-bond donors (Lipinski definition) is 1. The summed E-state index contributed by atoms with van der Waals surface area (Å²) in [5.74, 6) is 0.467. The van der Waals surface area contributed by atoms with Crippen molar-refractivity contribution in [2.45, 2.75) is 65.5 Å². The van der Waals surface area contributed by atoms with E-state index in [1.54, 1.807) is 4.90 Å². The number of nitrogens with zero attached hydrogens (tertiary/aromatic N) is 1. The highest BCUT2D eigenvalue weighted by Gasteiger charge is 2.48. The average molecular weight is 254 g/mol. The van der Waals surface area contributed by atoms with Gasteiger partial charge >= 0.3 is 0 Å². The molecule has 4 heteroatoms. The molecule has 0 aromatic heterocycles. The molecule has 1 heterocycles. The summed E-state index contributed by atoms with van der Waals surface area (Å²) in [6.07, 6.45) is 1.98. The van der Waals surface area contributed by atoms with E-state index in [9.17, 15) is 9.59 Å². The van der Waals surface area contributed by atoms with Gasteiger partial charge in [0.05, 0.1) is 0 Å². The molecule has 1 aliphatic rings. The van der Waals surface area contributed by atoms with E-state index in [2.05, 4.69) is 19.2 Å². The zero-order valence-electron chi connectivity index (χ0n) is 12.2. The van der Waals surface area contributed by atoms with Gasteiger partial charge in [0.25, 0.3) is 0 Å². The number of piperazine rings is 1. The Kier molecular flexibility index (Phi) is 4.77. The van der Waals surface area contributed by atoms with Gasteiger partial charge in [0.15, 0.2) is 0 Å². The molecular formula is C14H26N2O2. The summed E-state index contributed by atoms with van der Waals surface area (Å²) >= 11 is 0. The minimum Gasteiger partial charge on any atom is -0.340 e. The topological polar surface area (TPSA) is 49.4 Å². The summed E-state index contributed by atoms with van der Waals surface area (Å²) in [4.78, 5) is 26.7. The molecule has 1 aliphatic heterocycles. The predicted octanol–water partition coefficient (Wildman–Crippen LogP) is 1.94. The largest absolute Gasteiger partial charge is 0.340 e. The van der Waals surface area contributed by atoms with Gasteiger partial charge in [-0.3, -0.25) is 9.59 Å². The van der Waals surface area contributed by atoms with Gasteiger partial charge in [0, 0.05) is 6.54 Å². The summed E-state index contributed by atoms with van der Waals surface area (Å²) in [7, 11) is 0. The summed E-state index contributed by atoms with van der Waals surface area (Å²) in [6, 6.07) is -0.300. The fourth-order valence-corrected chi connectivity index (χ4v) is 2.67. The van der Waals surface area contributed by atoms with Crippen molar-refractivity contribution in [3.05, 3.63) is 0 Å². The Balaban J connectivity index is 3.07. The van der Waals surface area contributed by atoms with Crippen molar-refractivity contribution in [2.75, 3.05) is 6.54 Å². The molecule has 18 heavy (non-hydrogen) atoms. The van der Waals surface area contributed by atoms with E-state index in [0.29, 0.717) is 31.7 Å². The highest BCUT2D eigenvalue weighted by atomic mass is 16.2. The van der Waals surface area contributed by atoms with Gasteiger partial charge in [-0.15, -0.1) is 0 Å². The van der Waals surface area contributed by atoms with Crippen molar-refractivity contribution < 1.29 is 9.59 Å². The first-order valence-corrected chi connectivity index (χ1v) is 7.04. The first kappa shape index (κ1) is 15.0. The monoisotopic (exact) mass is 254 g/mol. The van der Waals surface area contributed by atoms with Crippen molar-refractivity contribution in [3.8, 4) is 0 Å². The lowest BCUT2D eigenvalue weighted by Gasteiger charge is -2.46. The number of carbonyl (C=O) groups is 2. The molecule has 1 N–H and O–H groups in total. The Morgan fingerprint density at radius 1 is 1.22 bits per heavy atom. The minimum atomic E-state index is -0.683. The minimum absolute atomic E-state index is 0.00134. The zero-order valence-corrected chi connectivity index (χ0v) is 12.2. The van der Waals surface area contributed by atoms with Crippen LogP contribution in [0.4, 0.5) is 0 Å². The molecule has 1 unspecified atom stereocenters. The van der Waals surface area contributed by atoms with Crippen molar-refractivity contribution in [2.24, 2.45) is 5.92 Å². The Labute approximate surface area is 110 Å². The van der Waals surface area contributed by atoms with Crippen LogP contribution in [0.25, 0.3) is 0 Å². The summed E-state index contributed by atoms with van der Waals surface area (Å²) in [5, 5.41) is 2.95. The SMILES string of the molecule is CCC1C(=O)NC(CC)(CC)C(=O)N1CC(C)C. The molecule has 0 aliphatic carbocycles. The fraction of sp³-hybridized carbons (Fsp3) is 0.857. The summed E-state index contributed by atoms with van der Waals surface area (Å²) in [5.41, 5.74) is -0.683. The molecule has 1 atom stereocenters. The molecule has 0 saturated carbocycles. The maximum atomic E-state index is 12.7. The van der Waals surface area contributed by atoms with E-state index in [0.717, 1.165) is 0 Å². The second kappa shape index (κ2) is 5.72. The standard InChI is InChI=1S/C14H26N2O2/c1-6-11-12(17)15-14(7-2,8-3)13(18)16(11)9-10(4)5/h10-11H,6-9H2,1-5H3,(H,15,17). The van der Waals surface area contributed by atoms with E-state index in [1.165, 1.54) is 0 Å². The van der Waals surface area contributed by atoms with Gasteiger partial charge in [-0.25, -0.2) is 0 Å².